The summed E-state index contributed by atoms with van der Waals surface area (Å²) in [6.07, 6.45) is 3.70. The summed E-state index contributed by atoms with van der Waals surface area (Å²) in [4.78, 5) is 30.7. The van der Waals surface area contributed by atoms with Gasteiger partial charge < -0.3 is 15.0 Å². The summed E-state index contributed by atoms with van der Waals surface area (Å²) in [7, 11) is 0. The van der Waals surface area contributed by atoms with Crippen LogP contribution < -0.4 is 5.73 Å². The third-order valence-electron chi connectivity index (χ3n) is 4.47. The van der Waals surface area contributed by atoms with E-state index in [0.717, 1.165) is 11.1 Å². The standard InChI is InChI=1S/C18H15ClN4O2/c19-13-5-6-16-21-14(10-22(16)9-13)18(25)23-8-12-4-2-1-3-11(12)7-15(23)17(20)24/h1-6,9-10,15H,7-8H2,(H2,20,24). The van der Waals surface area contributed by atoms with Crippen molar-refractivity contribution < 1.29 is 9.59 Å². The normalized spacial score (nSPS) is 16.7. The molecule has 4 rings (SSSR count). The number of hydrogen-bond donors (Lipinski definition) is 1. The molecule has 0 radical (unpaired) electrons. The molecule has 1 aliphatic heterocycles. The summed E-state index contributed by atoms with van der Waals surface area (Å²) in [6.45, 7) is 0.331. The number of rotatable bonds is 2. The average molecular weight is 355 g/mol. The molecule has 0 aliphatic carbocycles. The van der Waals surface area contributed by atoms with Crippen molar-refractivity contribution in [2.45, 2.75) is 19.0 Å². The molecule has 0 spiro atoms. The Morgan fingerprint density at radius 3 is 2.64 bits per heavy atom. The van der Waals surface area contributed by atoms with Crippen molar-refractivity contribution in [2.24, 2.45) is 5.73 Å². The number of carbonyl (C=O) groups is 2. The fourth-order valence-corrected chi connectivity index (χ4v) is 3.37. The van der Waals surface area contributed by atoms with Crippen LogP contribution in [0.2, 0.25) is 5.02 Å². The first kappa shape index (κ1) is 15.7. The zero-order chi connectivity index (χ0) is 17.6. The van der Waals surface area contributed by atoms with Gasteiger partial charge in [-0.25, -0.2) is 4.98 Å². The molecule has 2 aromatic heterocycles. The predicted molar refractivity (Wildman–Crippen MR) is 93.2 cm³/mol. The number of halogens is 1. The van der Waals surface area contributed by atoms with Crippen molar-refractivity contribution in [2.75, 3.05) is 0 Å². The number of nitrogens with zero attached hydrogens (tertiary/aromatic N) is 3. The number of imidazole rings is 1. The first-order chi connectivity index (χ1) is 12.0. The molecular weight excluding hydrogens is 340 g/mol. The number of amides is 2. The van der Waals surface area contributed by atoms with Crippen molar-refractivity contribution in [1.29, 1.82) is 0 Å². The highest BCUT2D eigenvalue weighted by Crippen LogP contribution is 2.25. The molecule has 0 saturated carbocycles. The van der Waals surface area contributed by atoms with Crippen LogP contribution in [0.1, 0.15) is 21.6 Å². The molecule has 1 atom stereocenters. The van der Waals surface area contributed by atoms with Gasteiger partial charge in [0.25, 0.3) is 5.91 Å². The molecule has 1 unspecified atom stereocenters. The van der Waals surface area contributed by atoms with Gasteiger partial charge in [0.2, 0.25) is 5.91 Å². The van der Waals surface area contributed by atoms with E-state index in [2.05, 4.69) is 4.98 Å². The Bertz CT molecular complexity index is 998. The highest BCUT2D eigenvalue weighted by Gasteiger charge is 2.34. The van der Waals surface area contributed by atoms with E-state index in [9.17, 15) is 9.59 Å². The van der Waals surface area contributed by atoms with Gasteiger partial charge in [-0.15, -0.1) is 0 Å². The number of nitrogens with two attached hydrogens (primary N) is 1. The van der Waals surface area contributed by atoms with Gasteiger partial charge in [0.1, 0.15) is 17.4 Å². The molecule has 3 heterocycles. The second-order valence-corrected chi connectivity index (χ2v) is 6.50. The maximum Gasteiger partial charge on any atom is 0.275 e. The Labute approximate surface area is 148 Å². The number of primary amides is 1. The highest BCUT2D eigenvalue weighted by atomic mass is 35.5. The SMILES string of the molecule is NC(=O)C1Cc2ccccc2CN1C(=O)c1cn2cc(Cl)ccc2n1. The van der Waals surface area contributed by atoms with Crippen molar-refractivity contribution >= 4 is 29.1 Å². The second-order valence-electron chi connectivity index (χ2n) is 6.06. The molecule has 0 saturated heterocycles. The molecule has 3 aromatic rings. The molecule has 0 fully saturated rings. The average Bonchev–Trinajstić information content (AvgIpc) is 3.03. The number of benzene rings is 1. The molecule has 2 N–H and O–H groups in total. The van der Waals surface area contributed by atoms with E-state index in [1.54, 1.807) is 28.9 Å². The maximum absolute atomic E-state index is 13.0. The summed E-state index contributed by atoms with van der Waals surface area (Å²) < 4.78 is 1.69. The molecule has 7 heteroatoms. The lowest BCUT2D eigenvalue weighted by Crippen LogP contribution is -2.51. The molecule has 1 aromatic carbocycles. The number of carbonyl (C=O) groups excluding carboxylic acids is 2. The monoisotopic (exact) mass is 354 g/mol. The van der Waals surface area contributed by atoms with Crippen molar-refractivity contribution in [1.82, 2.24) is 14.3 Å². The van der Waals surface area contributed by atoms with Gasteiger partial charge in [0, 0.05) is 25.4 Å². The maximum atomic E-state index is 13.0. The third kappa shape index (κ3) is 2.74. The minimum Gasteiger partial charge on any atom is -0.368 e. The molecule has 2 amide bonds. The predicted octanol–water partition coefficient (Wildman–Crippen LogP) is 2.04. The fraction of sp³-hybridized carbons (Fsp3) is 0.167. The van der Waals surface area contributed by atoms with Gasteiger partial charge in [-0.3, -0.25) is 9.59 Å². The smallest absolute Gasteiger partial charge is 0.275 e. The molecule has 0 bridgehead atoms. The molecular formula is C18H15ClN4O2. The Balaban J connectivity index is 1.72. The van der Waals surface area contributed by atoms with Crippen LogP contribution in [-0.2, 0) is 17.8 Å². The lowest BCUT2D eigenvalue weighted by molar-refractivity contribution is -0.122. The molecule has 1 aliphatic rings. The molecule has 126 valence electrons. The van der Waals surface area contributed by atoms with Crippen LogP contribution in [0.25, 0.3) is 5.65 Å². The number of pyridine rings is 1. The quantitative estimate of drug-likeness (QED) is 0.764. The van der Waals surface area contributed by atoms with Crippen molar-refractivity contribution in [3.8, 4) is 0 Å². The van der Waals surface area contributed by atoms with Gasteiger partial charge in [-0.2, -0.15) is 0 Å². The van der Waals surface area contributed by atoms with Crippen molar-refractivity contribution in [3.63, 3.8) is 0 Å². The Hall–Kier alpha value is -2.86. The van der Waals surface area contributed by atoms with E-state index >= 15 is 0 Å². The summed E-state index contributed by atoms with van der Waals surface area (Å²) in [5.41, 5.74) is 8.47. The summed E-state index contributed by atoms with van der Waals surface area (Å²) in [6, 6.07) is 10.5. The largest absolute Gasteiger partial charge is 0.368 e. The van der Waals surface area contributed by atoms with Gasteiger partial charge in [-0.1, -0.05) is 35.9 Å². The van der Waals surface area contributed by atoms with Crippen LogP contribution in [0.3, 0.4) is 0 Å². The van der Waals surface area contributed by atoms with E-state index in [1.807, 2.05) is 24.3 Å². The Morgan fingerprint density at radius 2 is 1.88 bits per heavy atom. The number of hydrogen-bond acceptors (Lipinski definition) is 3. The van der Waals surface area contributed by atoms with Crippen LogP contribution in [0.4, 0.5) is 0 Å². The number of aromatic nitrogens is 2. The van der Waals surface area contributed by atoms with Crippen LogP contribution >= 0.6 is 11.6 Å². The molecule has 25 heavy (non-hydrogen) atoms. The topological polar surface area (TPSA) is 80.7 Å². The first-order valence-electron chi connectivity index (χ1n) is 7.84. The highest BCUT2D eigenvalue weighted by molar-refractivity contribution is 6.30. The van der Waals surface area contributed by atoms with Gasteiger partial charge >= 0.3 is 0 Å². The summed E-state index contributed by atoms with van der Waals surface area (Å²) in [5.74, 6) is -0.840. The molecule has 6 nitrogen and oxygen atoms in total. The second kappa shape index (κ2) is 5.89. The summed E-state index contributed by atoms with van der Waals surface area (Å²) >= 11 is 5.97. The van der Waals surface area contributed by atoms with Crippen molar-refractivity contribution in [3.05, 3.63) is 70.6 Å². The minimum absolute atomic E-state index is 0.257. The lowest BCUT2D eigenvalue weighted by atomic mass is 9.93. The minimum atomic E-state index is -0.684. The fourth-order valence-electron chi connectivity index (χ4n) is 3.21. The Morgan fingerprint density at radius 1 is 1.12 bits per heavy atom. The van der Waals surface area contributed by atoms with E-state index in [0.29, 0.717) is 23.6 Å². The summed E-state index contributed by atoms with van der Waals surface area (Å²) in [5, 5.41) is 0.547. The van der Waals surface area contributed by atoms with Crippen LogP contribution in [0.15, 0.2) is 48.8 Å². The van der Waals surface area contributed by atoms with Crippen LogP contribution in [0.5, 0.6) is 0 Å². The van der Waals surface area contributed by atoms with Crippen LogP contribution in [0, 0.1) is 0 Å². The van der Waals surface area contributed by atoms with E-state index in [1.165, 1.54) is 4.90 Å². The van der Waals surface area contributed by atoms with E-state index in [-0.39, 0.29) is 11.6 Å². The van der Waals surface area contributed by atoms with Gasteiger partial charge in [0.05, 0.1) is 5.02 Å². The van der Waals surface area contributed by atoms with Gasteiger partial charge in [-0.05, 0) is 23.3 Å². The van der Waals surface area contributed by atoms with Gasteiger partial charge in [0.15, 0.2) is 0 Å². The third-order valence-corrected chi connectivity index (χ3v) is 4.70. The zero-order valence-electron chi connectivity index (χ0n) is 13.2. The first-order valence-corrected chi connectivity index (χ1v) is 8.22. The van der Waals surface area contributed by atoms with E-state index < -0.39 is 11.9 Å². The Kier molecular flexibility index (Phi) is 3.69. The van der Waals surface area contributed by atoms with Crippen LogP contribution in [-0.4, -0.2) is 32.1 Å². The lowest BCUT2D eigenvalue weighted by Gasteiger charge is -2.34. The number of fused-ring (bicyclic) bond motifs is 2. The van der Waals surface area contributed by atoms with E-state index in [4.69, 9.17) is 17.3 Å². The zero-order valence-corrected chi connectivity index (χ0v) is 14.0.